The smallest absolute Gasteiger partial charge is 0.253 e. The predicted octanol–water partition coefficient (Wildman–Crippen LogP) is 2.67. The molecular weight excluding hydrogens is 384 g/mol. The van der Waals surface area contributed by atoms with Crippen molar-refractivity contribution in [2.75, 3.05) is 40.0 Å². The van der Waals surface area contributed by atoms with Crippen LogP contribution in [0.3, 0.4) is 0 Å². The number of halogens is 1. The summed E-state index contributed by atoms with van der Waals surface area (Å²) in [6.45, 7) is 4.87. The Bertz CT molecular complexity index is 649. The van der Waals surface area contributed by atoms with E-state index in [4.69, 9.17) is 26.1 Å². The van der Waals surface area contributed by atoms with Gasteiger partial charge in [0.2, 0.25) is 0 Å². The Hall–Kier alpha value is -1.54. The van der Waals surface area contributed by atoms with Gasteiger partial charge in [0.05, 0.1) is 44.8 Å². The minimum atomic E-state index is -0.423. The molecule has 0 aromatic heterocycles. The number of hydrogen-bond acceptors (Lipinski definition) is 6. The SMILES string of the molecule is COc1cc(OCCCOCl)cc(C(C)N(C(=O)[C@H]2CNCCO2)C2CC2)c1. The Kier molecular flexibility index (Phi) is 7.79. The lowest BCUT2D eigenvalue weighted by Gasteiger charge is -2.34. The van der Waals surface area contributed by atoms with Crippen LogP contribution in [0.15, 0.2) is 18.2 Å². The third-order valence-electron chi connectivity index (χ3n) is 5.07. The van der Waals surface area contributed by atoms with Crippen molar-refractivity contribution in [1.29, 1.82) is 0 Å². The first-order valence-corrected chi connectivity index (χ1v) is 10.1. The molecule has 1 saturated heterocycles. The van der Waals surface area contributed by atoms with E-state index in [9.17, 15) is 4.79 Å². The van der Waals surface area contributed by atoms with Gasteiger partial charge in [-0.1, -0.05) is 0 Å². The van der Waals surface area contributed by atoms with E-state index in [2.05, 4.69) is 9.61 Å². The normalized spacial score (nSPS) is 20.5. The first-order valence-electron chi connectivity index (χ1n) is 9.84. The highest BCUT2D eigenvalue weighted by molar-refractivity contribution is 6.07. The summed E-state index contributed by atoms with van der Waals surface area (Å²) in [5, 5.41) is 3.24. The number of methoxy groups -OCH3 is 1. The summed E-state index contributed by atoms with van der Waals surface area (Å²) in [6.07, 6.45) is 2.32. The molecule has 1 aliphatic carbocycles. The van der Waals surface area contributed by atoms with Crippen LogP contribution in [0.4, 0.5) is 0 Å². The van der Waals surface area contributed by atoms with E-state index in [0.29, 0.717) is 44.3 Å². The molecule has 0 radical (unpaired) electrons. The van der Waals surface area contributed by atoms with Gasteiger partial charge in [0.15, 0.2) is 0 Å². The number of carbonyl (C=O) groups is 1. The number of amides is 1. The van der Waals surface area contributed by atoms with E-state index in [1.807, 2.05) is 30.0 Å². The van der Waals surface area contributed by atoms with Crippen molar-refractivity contribution in [3.63, 3.8) is 0 Å². The van der Waals surface area contributed by atoms with E-state index in [1.54, 1.807) is 7.11 Å². The van der Waals surface area contributed by atoms with Crippen molar-refractivity contribution in [3.8, 4) is 11.5 Å². The molecule has 2 fully saturated rings. The lowest BCUT2D eigenvalue weighted by molar-refractivity contribution is -0.148. The van der Waals surface area contributed by atoms with E-state index >= 15 is 0 Å². The molecule has 3 rings (SSSR count). The summed E-state index contributed by atoms with van der Waals surface area (Å²) in [4.78, 5) is 15.1. The van der Waals surface area contributed by atoms with E-state index in [1.165, 1.54) is 0 Å². The van der Waals surface area contributed by atoms with Gasteiger partial charge in [-0.25, -0.2) is 0 Å². The second kappa shape index (κ2) is 10.3. The Morgan fingerprint density at radius 3 is 2.75 bits per heavy atom. The van der Waals surface area contributed by atoms with Gasteiger partial charge in [0.1, 0.15) is 17.6 Å². The summed E-state index contributed by atoms with van der Waals surface area (Å²) in [5.74, 6) is 1.45. The monoisotopic (exact) mass is 412 g/mol. The maximum Gasteiger partial charge on any atom is 0.253 e. The molecule has 156 valence electrons. The molecule has 8 heteroatoms. The molecule has 28 heavy (non-hydrogen) atoms. The second-order valence-corrected chi connectivity index (χ2v) is 7.39. The molecule has 7 nitrogen and oxygen atoms in total. The van der Waals surface area contributed by atoms with Crippen LogP contribution >= 0.6 is 11.9 Å². The molecule has 1 unspecified atom stereocenters. The topological polar surface area (TPSA) is 69.3 Å². The third-order valence-corrected chi connectivity index (χ3v) is 5.22. The summed E-state index contributed by atoms with van der Waals surface area (Å²) < 4.78 is 21.5. The Morgan fingerprint density at radius 2 is 2.11 bits per heavy atom. The van der Waals surface area contributed by atoms with Crippen molar-refractivity contribution < 1.29 is 23.3 Å². The average Bonchev–Trinajstić information content (AvgIpc) is 3.56. The van der Waals surface area contributed by atoms with Crippen molar-refractivity contribution in [3.05, 3.63) is 23.8 Å². The first-order chi connectivity index (χ1) is 13.6. The fourth-order valence-electron chi connectivity index (χ4n) is 3.43. The van der Waals surface area contributed by atoms with Crippen LogP contribution in [-0.4, -0.2) is 63.0 Å². The molecule has 2 aliphatic rings. The molecule has 1 amide bonds. The minimum absolute atomic E-state index is 0.0479. The summed E-state index contributed by atoms with van der Waals surface area (Å²) in [6, 6.07) is 5.94. The zero-order chi connectivity index (χ0) is 19.9. The highest BCUT2D eigenvalue weighted by Crippen LogP contribution is 2.37. The van der Waals surface area contributed by atoms with Crippen LogP contribution in [0.5, 0.6) is 11.5 Å². The molecule has 2 atom stereocenters. The van der Waals surface area contributed by atoms with Crippen LogP contribution in [0, 0.1) is 0 Å². The van der Waals surface area contributed by atoms with Gasteiger partial charge in [-0.3, -0.25) is 9.08 Å². The lowest BCUT2D eigenvalue weighted by Crippen LogP contribution is -2.50. The van der Waals surface area contributed by atoms with Gasteiger partial charge in [0, 0.05) is 31.6 Å². The molecular formula is C20H29ClN2O5. The highest BCUT2D eigenvalue weighted by Gasteiger charge is 2.40. The van der Waals surface area contributed by atoms with E-state index in [-0.39, 0.29) is 18.0 Å². The molecule has 1 N–H and O–H groups in total. The number of morpholine rings is 1. The van der Waals surface area contributed by atoms with Gasteiger partial charge in [-0.15, -0.1) is 0 Å². The van der Waals surface area contributed by atoms with Crippen molar-refractivity contribution in [2.24, 2.45) is 0 Å². The maximum absolute atomic E-state index is 13.1. The quantitative estimate of drug-likeness (QED) is 0.596. The Morgan fingerprint density at radius 1 is 1.32 bits per heavy atom. The van der Waals surface area contributed by atoms with Gasteiger partial charge in [-0.2, -0.15) is 0 Å². The molecule has 1 aromatic rings. The fraction of sp³-hybridized carbons (Fsp3) is 0.650. The van der Waals surface area contributed by atoms with Crippen LogP contribution in [0.2, 0.25) is 0 Å². The average molecular weight is 413 g/mol. The van der Waals surface area contributed by atoms with Gasteiger partial charge in [-0.05, 0) is 37.5 Å². The number of rotatable bonds is 10. The molecule has 1 aromatic carbocycles. The number of nitrogens with one attached hydrogen (secondary N) is 1. The first kappa shape index (κ1) is 21.2. The van der Waals surface area contributed by atoms with Crippen LogP contribution in [0.25, 0.3) is 0 Å². The largest absolute Gasteiger partial charge is 0.497 e. The molecule has 1 heterocycles. The lowest BCUT2D eigenvalue weighted by atomic mass is 10.0. The van der Waals surface area contributed by atoms with Gasteiger partial charge >= 0.3 is 0 Å². The fourth-order valence-corrected chi connectivity index (χ4v) is 3.54. The number of hydrogen-bond donors (Lipinski definition) is 1. The predicted molar refractivity (Wildman–Crippen MR) is 106 cm³/mol. The van der Waals surface area contributed by atoms with Crippen LogP contribution < -0.4 is 14.8 Å². The minimum Gasteiger partial charge on any atom is -0.497 e. The van der Waals surface area contributed by atoms with Crippen molar-refractivity contribution in [2.45, 2.75) is 44.4 Å². The summed E-state index contributed by atoms with van der Waals surface area (Å²) in [5.41, 5.74) is 0.979. The van der Waals surface area contributed by atoms with Crippen LogP contribution in [-0.2, 0) is 13.8 Å². The third kappa shape index (κ3) is 5.50. The van der Waals surface area contributed by atoms with Gasteiger partial charge < -0.3 is 24.4 Å². The number of benzene rings is 1. The standard InChI is InChI=1S/C20H29ClN2O5/c1-14(23(16-4-5-16)20(24)19-13-22-6-9-27-19)15-10-17(25-2)12-18(11-15)26-7-3-8-28-21/h10-12,14,16,19,22H,3-9,13H2,1-2H3/t14?,19-/m1/s1. The zero-order valence-corrected chi connectivity index (χ0v) is 17.2. The van der Waals surface area contributed by atoms with Gasteiger partial charge in [0.25, 0.3) is 5.91 Å². The van der Waals surface area contributed by atoms with Crippen LogP contribution in [0.1, 0.15) is 37.8 Å². The molecule has 1 aliphatic heterocycles. The van der Waals surface area contributed by atoms with Crippen molar-refractivity contribution >= 4 is 17.8 Å². The number of ether oxygens (including phenoxy) is 3. The summed E-state index contributed by atoms with van der Waals surface area (Å²) >= 11 is 5.23. The zero-order valence-electron chi connectivity index (χ0n) is 16.5. The molecule has 1 saturated carbocycles. The Balaban J connectivity index is 1.75. The summed E-state index contributed by atoms with van der Waals surface area (Å²) in [7, 11) is 1.63. The highest BCUT2D eigenvalue weighted by atomic mass is 35.5. The Labute approximate surface area is 171 Å². The number of carbonyl (C=O) groups excluding carboxylic acids is 1. The van der Waals surface area contributed by atoms with Crippen molar-refractivity contribution in [1.82, 2.24) is 10.2 Å². The molecule has 0 bridgehead atoms. The second-order valence-electron chi connectivity index (χ2n) is 7.17. The molecule has 0 spiro atoms. The maximum atomic E-state index is 13.1. The van der Waals surface area contributed by atoms with E-state index < -0.39 is 6.10 Å². The number of nitrogens with zero attached hydrogens (tertiary/aromatic N) is 1. The van der Waals surface area contributed by atoms with E-state index in [0.717, 1.165) is 24.9 Å².